The fourth-order valence-electron chi connectivity index (χ4n) is 2.30. The second-order valence-corrected chi connectivity index (χ2v) is 4.70. The second kappa shape index (κ2) is 3.21. The highest BCUT2D eigenvalue weighted by molar-refractivity contribution is 6.31. The van der Waals surface area contributed by atoms with Crippen molar-refractivity contribution < 1.29 is 4.39 Å². The molecular formula is C11H13ClFN. The molecule has 2 rings (SSSR count). The molecule has 1 saturated carbocycles. The summed E-state index contributed by atoms with van der Waals surface area (Å²) in [6.07, 6.45) is 1.86. The van der Waals surface area contributed by atoms with Crippen LogP contribution in [0.1, 0.15) is 25.3 Å². The van der Waals surface area contributed by atoms with Crippen molar-refractivity contribution in [1.82, 2.24) is 0 Å². The van der Waals surface area contributed by atoms with Crippen LogP contribution in [0.4, 0.5) is 4.39 Å². The van der Waals surface area contributed by atoms with Gasteiger partial charge in [0.1, 0.15) is 5.82 Å². The average Bonchev–Trinajstić information content (AvgIpc) is 2.00. The van der Waals surface area contributed by atoms with E-state index < -0.39 is 0 Å². The lowest BCUT2D eigenvalue weighted by Crippen LogP contribution is -2.48. The largest absolute Gasteiger partial charge is 0.321 e. The van der Waals surface area contributed by atoms with Gasteiger partial charge in [-0.2, -0.15) is 0 Å². The maximum atomic E-state index is 12.8. The van der Waals surface area contributed by atoms with Gasteiger partial charge in [0.2, 0.25) is 0 Å². The van der Waals surface area contributed by atoms with Crippen molar-refractivity contribution >= 4 is 11.6 Å². The van der Waals surface area contributed by atoms with Crippen LogP contribution in [0, 0.1) is 11.7 Å². The monoisotopic (exact) mass is 213 g/mol. The number of benzene rings is 1. The molecule has 1 aromatic carbocycles. The molecular weight excluding hydrogens is 201 g/mol. The first kappa shape index (κ1) is 9.94. The summed E-state index contributed by atoms with van der Waals surface area (Å²) in [6, 6.07) is 4.44. The molecule has 1 aliphatic carbocycles. The Morgan fingerprint density at radius 3 is 2.64 bits per heavy atom. The molecule has 0 bridgehead atoms. The van der Waals surface area contributed by atoms with E-state index in [9.17, 15) is 4.39 Å². The Labute approximate surface area is 88.1 Å². The lowest BCUT2D eigenvalue weighted by atomic mass is 9.66. The number of hydrogen-bond acceptors (Lipinski definition) is 1. The number of hydrogen-bond donors (Lipinski definition) is 1. The van der Waals surface area contributed by atoms with Gasteiger partial charge < -0.3 is 5.73 Å². The quantitative estimate of drug-likeness (QED) is 0.763. The van der Waals surface area contributed by atoms with Crippen molar-refractivity contribution in [3.63, 3.8) is 0 Å². The molecule has 1 aromatic rings. The van der Waals surface area contributed by atoms with Gasteiger partial charge in [-0.3, -0.25) is 0 Å². The maximum absolute atomic E-state index is 12.8. The van der Waals surface area contributed by atoms with E-state index in [1.807, 2.05) is 0 Å². The normalized spacial score (nSPS) is 31.3. The van der Waals surface area contributed by atoms with Crippen LogP contribution >= 0.6 is 11.6 Å². The lowest BCUT2D eigenvalue weighted by molar-refractivity contribution is 0.164. The third-order valence-electron chi connectivity index (χ3n) is 2.89. The van der Waals surface area contributed by atoms with E-state index in [1.54, 1.807) is 6.07 Å². The predicted molar refractivity (Wildman–Crippen MR) is 55.7 cm³/mol. The molecule has 0 aliphatic heterocycles. The minimum absolute atomic E-state index is 0.310. The predicted octanol–water partition coefficient (Wildman–Crippen LogP) is 3.06. The Morgan fingerprint density at radius 1 is 1.50 bits per heavy atom. The summed E-state index contributed by atoms with van der Waals surface area (Å²) in [7, 11) is 0. The Kier molecular flexibility index (Phi) is 2.28. The fraction of sp³-hybridized carbons (Fsp3) is 0.455. The van der Waals surface area contributed by atoms with Crippen LogP contribution in [0.15, 0.2) is 18.2 Å². The van der Waals surface area contributed by atoms with Crippen molar-refractivity contribution in [2.24, 2.45) is 11.7 Å². The summed E-state index contributed by atoms with van der Waals surface area (Å²) in [6.45, 7) is 2.16. The first-order valence-corrected chi connectivity index (χ1v) is 5.13. The summed E-state index contributed by atoms with van der Waals surface area (Å²) >= 11 is 5.95. The van der Waals surface area contributed by atoms with Crippen molar-refractivity contribution in [2.45, 2.75) is 25.3 Å². The van der Waals surface area contributed by atoms with Gasteiger partial charge in [-0.15, -0.1) is 0 Å². The maximum Gasteiger partial charge on any atom is 0.124 e. The van der Waals surface area contributed by atoms with Crippen molar-refractivity contribution in [1.29, 1.82) is 0 Å². The van der Waals surface area contributed by atoms with Crippen molar-refractivity contribution in [3.05, 3.63) is 34.6 Å². The Balaban J connectivity index is 2.33. The standard InChI is InChI=1S/C11H13ClFN/c1-7-5-11(14,6-7)9-3-2-8(13)4-10(9)12/h2-4,7H,5-6,14H2,1H3. The first-order valence-electron chi connectivity index (χ1n) is 4.76. The molecule has 14 heavy (non-hydrogen) atoms. The summed E-state index contributed by atoms with van der Waals surface area (Å²) in [4.78, 5) is 0. The second-order valence-electron chi connectivity index (χ2n) is 4.29. The SMILES string of the molecule is CC1CC(N)(c2ccc(F)cc2Cl)C1. The van der Waals surface area contributed by atoms with Gasteiger partial charge in [0.15, 0.2) is 0 Å². The Morgan fingerprint density at radius 2 is 2.14 bits per heavy atom. The van der Waals surface area contributed by atoms with Gasteiger partial charge in [-0.05, 0) is 36.5 Å². The van der Waals surface area contributed by atoms with Crippen LogP contribution < -0.4 is 5.73 Å². The highest BCUT2D eigenvalue weighted by atomic mass is 35.5. The third kappa shape index (κ3) is 1.53. The zero-order valence-electron chi connectivity index (χ0n) is 8.06. The molecule has 0 saturated heterocycles. The summed E-state index contributed by atoms with van der Waals surface area (Å²) < 4.78 is 12.8. The van der Waals surface area contributed by atoms with Gasteiger partial charge in [-0.1, -0.05) is 24.6 Å². The van der Waals surface area contributed by atoms with E-state index in [2.05, 4.69) is 6.92 Å². The molecule has 1 fully saturated rings. The molecule has 3 heteroatoms. The van der Waals surface area contributed by atoms with Crippen LogP contribution in [0.5, 0.6) is 0 Å². The molecule has 0 aromatic heterocycles. The third-order valence-corrected chi connectivity index (χ3v) is 3.21. The molecule has 0 atom stereocenters. The number of halogens is 2. The Bertz CT molecular complexity index is 358. The van der Waals surface area contributed by atoms with Crippen LogP contribution in [0.3, 0.4) is 0 Å². The van der Waals surface area contributed by atoms with E-state index in [0.717, 1.165) is 18.4 Å². The van der Waals surface area contributed by atoms with Crippen molar-refractivity contribution in [2.75, 3.05) is 0 Å². The molecule has 1 aliphatic rings. The molecule has 0 unspecified atom stereocenters. The molecule has 1 nitrogen and oxygen atoms in total. The van der Waals surface area contributed by atoms with Crippen LogP contribution in [0.2, 0.25) is 5.02 Å². The van der Waals surface area contributed by atoms with Crippen LogP contribution in [-0.2, 0) is 5.54 Å². The first-order chi connectivity index (χ1) is 6.51. The zero-order valence-corrected chi connectivity index (χ0v) is 8.81. The van der Waals surface area contributed by atoms with E-state index in [-0.39, 0.29) is 11.4 Å². The van der Waals surface area contributed by atoms with Crippen LogP contribution in [0.25, 0.3) is 0 Å². The highest BCUT2D eigenvalue weighted by Gasteiger charge is 2.40. The van der Waals surface area contributed by atoms with E-state index in [1.165, 1.54) is 12.1 Å². The Hall–Kier alpha value is -0.600. The van der Waals surface area contributed by atoms with E-state index in [4.69, 9.17) is 17.3 Å². The smallest absolute Gasteiger partial charge is 0.124 e. The number of rotatable bonds is 1. The minimum Gasteiger partial charge on any atom is -0.321 e. The molecule has 0 radical (unpaired) electrons. The molecule has 2 N–H and O–H groups in total. The average molecular weight is 214 g/mol. The number of nitrogens with two attached hydrogens (primary N) is 1. The summed E-state index contributed by atoms with van der Waals surface area (Å²) in [5.41, 5.74) is 6.70. The zero-order chi connectivity index (χ0) is 10.3. The lowest BCUT2D eigenvalue weighted by Gasteiger charge is -2.44. The summed E-state index contributed by atoms with van der Waals surface area (Å²) in [5.74, 6) is 0.329. The van der Waals surface area contributed by atoms with Gasteiger partial charge in [-0.25, -0.2) is 4.39 Å². The highest BCUT2D eigenvalue weighted by Crippen LogP contribution is 2.45. The van der Waals surface area contributed by atoms with E-state index >= 15 is 0 Å². The molecule has 0 spiro atoms. The van der Waals surface area contributed by atoms with Gasteiger partial charge in [0.25, 0.3) is 0 Å². The minimum atomic E-state index is -0.329. The van der Waals surface area contributed by atoms with Gasteiger partial charge in [0.05, 0.1) is 0 Å². The van der Waals surface area contributed by atoms with Crippen LogP contribution in [-0.4, -0.2) is 0 Å². The van der Waals surface area contributed by atoms with E-state index in [0.29, 0.717) is 10.9 Å². The van der Waals surface area contributed by atoms with Gasteiger partial charge >= 0.3 is 0 Å². The van der Waals surface area contributed by atoms with Gasteiger partial charge in [0, 0.05) is 10.6 Å². The topological polar surface area (TPSA) is 26.0 Å². The molecule has 0 heterocycles. The fourth-order valence-corrected chi connectivity index (χ4v) is 2.65. The molecule has 0 amide bonds. The summed E-state index contributed by atoms with van der Waals surface area (Å²) in [5, 5.41) is 0.444. The van der Waals surface area contributed by atoms with Crippen molar-refractivity contribution in [3.8, 4) is 0 Å². The molecule has 76 valence electrons.